The highest BCUT2D eigenvalue weighted by molar-refractivity contribution is 5.85. The van der Waals surface area contributed by atoms with E-state index in [0.717, 1.165) is 0 Å². The lowest BCUT2D eigenvalue weighted by Crippen LogP contribution is -2.34. The minimum Gasteiger partial charge on any atom is -0.465 e. The Morgan fingerprint density at radius 3 is 2.69 bits per heavy atom. The summed E-state index contributed by atoms with van der Waals surface area (Å²) in [6, 6.07) is 5.44. The largest absolute Gasteiger partial charge is 0.465 e. The van der Waals surface area contributed by atoms with E-state index in [2.05, 4.69) is 0 Å². The van der Waals surface area contributed by atoms with E-state index in [-0.39, 0.29) is 31.3 Å². The van der Waals surface area contributed by atoms with Gasteiger partial charge in [-0.3, -0.25) is 4.79 Å². The summed E-state index contributed by atoms with van der Waals surface area (Å²) in [5.74, 6) is -0.849. The van der Waals surface area contributed by atoms with Crippen LogP contribution in [0.3, 0.4) is 0 Å². The summed E-state index contributed by atoms with van der Waals surface area (Å²) in [6.45, 7) is 1.98. The van der Waals surface area contributed by atoms with Crippen molar-refractivity contribution in [3.63, 3.8) is 0 Å². The molecule has 0 heterocycles. The van der Waals surface area contributed by atoms with Crippen LogP contribution in [0.2, 0.25) is 0 Å². The molecule has 1 aromatic carbocycles. The quantitative estimate of drug-likeness (QED) is 0.824. The summed E-state index contributed by atoms with van der Waals surface area (Å²) in [5.41, 5.74) is 5.99. The number of carbonyl (C=O) groups excluding carboxylic acids is 1. The van der Waals surface area contributed by atoms with Crippen LogP contribution < -0.4 is 5.73 Å². The summed E-state index contributed by atoms with van der Waals surface area (Å²) in [7, 11) is 0. The molecule has 0 unspecified atom stereocenters. The molecule has 0 saturated carbocycles. The first-order chi connectivity index (χ1) is 7.15. The lowest BCUT2D eigenvalue weighted by molar-refractivity contribution is -0.144. The molecule has 0 spiro atoms. The number of nitrogens with two attached hydrogens (primary N) is 1. The summed E-state index contributed by atoms with van der Waals surface area (Å²) in [5, 5.41) is 0. The Bertz CT molecular complexity index is 347. The third-order valence-corrected chi connectivity index (χ3v) is 1.99. The van der Waals surface area contributed by atoms with Crippen LogP contribution in [0.25, 0.3) is 0 Å². The normalized spacial score (nSPS) is 11.4. The number of hydrogen-bond donors (Lipinski definition) is 1. The molecule has 0 aromatic heterocycles. The van der Waals surface area contributed by atoms with Crippen molar-refractivity contribution in [2.45, 2.75) is 19.4 Å². The first-order valence-corrected chi connectivity index (χ1v) is 4.80. The Kier molecular flexibility index (Phi) is 6.69. The maximum absolute atomic E-state index is 13.2. The second kappa shape index (κ2) is 7.19. The van der Waals surface area contributed by atoms with Crippen molar-refractivity contribution in [1.29, 1.82) is 0 Å². The van der Waals surface area contributed by atoms with Gasteiger partial charge in [0.05, 0.1) is 6.61 Å². The highest BCUT2D eigenvalue weighted by atomic mass is 35.5. The van der Waals surface area contributed by atoms with Crippen molar-refractivity contribution < 1.29 is 13.9 Å². The third kappa shape index (κ3) is 4.16. The van der Waals surface area contributed by atoms with Crippen molar-refractivity contribution in [3.05, 3.63) is 35.6 Å². The standard InChI is InChI=1S/C11H14FNO2.ClH/c1-2-15-11(14)10(13)7-8-5-3-4-6-9(8)12;/h3-6,10H,2,7,13H2,1H3;1H/t10-;/m1./s1. The van der Waals surface area contributed by atoms with E-state index in [1.54, 1.807) is 25.1 Å². The minimum atomic E-state index is -0.804. The molecule has 1 aromatic rings. The Labute approximate surface area is 100 Å². The van der Waals surface area contributed by atoms with Gasteiger partial charge in [0.2, 0.25) is 0 Å². The number of benzene rings is 1. The minimum absolute atomic E-state index is 0. The molecule has 90 valence electrons. The Morgan fingerprint density at radius 2 is 2.12 bits per heavy atom. The van der Waals surface area contributed by atoms with Crippen LogP contribution in [-0.4, -0.2) is 18.6 Å². The number of esters is 1. The van der Waals surface area contributed by atoms with Gasteiger partial charge in [0.1, 0.15) is 11.9 Å². The maximum Gasteiger partial charge on any atom is 0.323 e. The molecule has 2 N–H and O–H groups in total. The van der Waals surface area contributed by atoms with Crippen molar-refractivity contribution in [3.8, 4) is 0 Å². The summed E-state index contributed by atoms with van der Waals surface area (Å²) in [6.07, 6.45) is 0.158. The van der Waals surface area contributed by atoms with E-state index in [1.807, 2.05) is 0 Å². The molecule has 0 amide bonds. The number of ether oxygens (including phenoxy) is 1. The fourth-order valence-electron chi connectivity index (χ4n) is 1.23. The van der Waals surface area contributed by atoms with Crippen molar-refractivity contribution in [2.75, 3.05) is 6.61 Å². The molecule has 0 bridgehead atoms. The van der Waals surface area contributed by atoms with E-state index in [1.165, 1.54) is 6.07 Å². The average molecular weight is 248 g/mol. The van der Waals surface area contributed by atoms with Gasteiger partial charge in [-0.1, -0.05) is 18.2 Å². The van der Waals surface area contributed by atoms with Crippen LogP contribution in [0.15, 0.2) is 24.3 Å². The summed E-state index contributed by atoms with van der Waals surface area (Å²) >= 11 is 0. The van der Waals surface area contributed by atoms with Gasteiger partial charge in [-0.2, -0.15) is 0 Å². The fraction of sp³-hybridized carbons (Fsp3) is 0.364. The number of halogens is 2. The zero-order chi connectivity index (χ0) is 11.3. The van der Waals surface area contributed by atoms with Gasteiger partial charge in [-0.25, -0.2) is 4.39 Å². The van der Waals surface area contributed by atoms with Crippen LogP contribution in [0.4, 0.5) is 4.39 Å². The Balaban J connectivity index is 0.00000225. The summed E-state index contributed by atoms with van der Waals surface area (Å²) < 4.78 is 17.9. The SMILES string of the molecule is CCOC(=O)[C@H](N)Cc1ccccc1F.Cl. The Morgan fingerprint density at radius 1 is 1.50 bits per heavy atom. The molecule has 16 heavy (non-hydrogen) atoms. The summed E-state index contributed by atoms with van der Waals surface area (Å²) in [4.78, 5) is 11.2. The fourth-order valence-corrected chi connectivity index (χ4v) is 1.23. The highest BCUT2D eigenvalue weighted by Crippen LogP contribution is 2.08. The number of hydrogen-bond acceptors (Lipinski definition) is 3. The topological polar surface area (TPSA) is 52.3 Å². The number of rotatable bonds is 4. The molecular formula is C11H15ClFNO2. The van der Waals surface area contributed by atoms with Gasteiger partial charge >= 0.3 is 5.97 Å². The van der Waals surface area contributed by atoms with Gasteiger partial charge in [0.25, 0.3) is 0 Å². The van der Waals surface area contributed by atoms with Crippen LogP contribution in [0.5, 0.6) is 0 Å². The van der Waals surface area contributed by atoms with Crippen LogP contribution in [-0.2, 0) is 16.0 Å². The maximum atomic E-state index is 13.2. The average Bonchev–Trinajstić information content (AvgIpc) is 2.21. The van der Waals surface area contributed by atoms with Crippen molar-refractivity contribution >= 4 is 18.4 Å². The lowest BCUT2D eigenvalue weighted by atomic mass is 10.1. The lowest BCUT2D eigenvalue weighted by Gasteiger charge is -2.10. The molecule has 1 atom stereocenters. The van der Waals surface area contributed by atoms with Gasteiger partial charge in [0.15, 0.2) is 0 Å². The molecule has 0 aliphatic heterocycles. The van der Waals surface area contributed by atoms with Gasteiger partial charge < -0.3 is 10.5 Å². The van der Waals surface area contributed by atoms with Gasteiger partial charge in [0, 0.05) is 6.42 Å². The molecule has 5 heteroatoms. The number of carbonyl (C=O) groups is 1. The van der Waals surface area contributed by atoms with E-state index in [4.69, 9.17) is 10.5 Å². The smallest absolute Gasteiger partial charge is 0.323 e. The zero-order valence-electron chi connectivity index (χ0n) is 8.98. The predicted molar refractivity (Wildman–Crippen MR) is 62.0 cm³/mol. The second-order valence-corrected chi connectivity index (χ2v) is 3.15. The highest BCUT2D eigenvalue weighted by Gasteiger charge is 2.16. The first kappa shape index (κ1) is 14.9. The van der Waals surface area contributed by atoms with Crippen LogP contribution >= 0.6 is 12.4 Å². The molecule has 0 aliphatic rings. The second-order valence-electron chi connectivity index (χ2n) is 3.15. The predicted octanol–water partition coefficient (Wildman–Crippen LogP) is 1.68. The molecule has 1 rings (SSSR count). The van der Waals surface area contributed by atoms with Crippen LogP contribution in [0.1, 0.15) is 12.5 Å². The monoisotopic (exact) mass is 247 g/mol. The first-order valence-electron chi connectivity index (χ1n) is 4.80. The Hall–Kier alpha value is -1.13. The molecular weight excluding hydrogens is 233 g/mol. The molecule has 0 saturated heterocycles. The van der Waals surface area contributed by atoms with E-state index in [0.29, 0.717) is 5.56 Å². The van der Waals surface area contributed by atoms with E-state index < -0.39 is 12.0 Å². The van der Waals surface area contributed by atoms with E-state index >= 15 is 0 Å². The third-order valence-electron chi connectivity index (χ3n) is 1.99. The van der Waals surface area contributed by atoms with Crippen molar-refractivity contribution in [1.82, 2.24) is 0 Å². The molecule has 0 fully saturated rings. The molecule has 0 radical (unpaired) electrons. The molecule has 3 nitrogen and oxygen atoms in total. The van der Waals surface area contributed by atoms with Crippen molar-refractivity contribution in [2.24, 2.45) is 5.73 Å². The molecule has 0 aliphatic carbocycles. The van der Waals surface area contributed by atoms with Gasteiger partial charge in [-0.15, -0.1) is 12.4 Å². The van der Waals surface area contributed by atoms with E-state index in [9.17, 15) is 9.18 Å². The van der Waals surface area contributed by atoms with Gasteiger partial charge in [-0.05, 0) is 18.6 Å². The van der Waals surface area contributed by atoms with Crippen LogP contribution in [0, 0.1) is 5.82 Å². The zero-order valence-corrected chi connectivity index (χ0v) is 9.80.